The molecule has 5 heteroatoms. The van der Waals surface area contributed by atoms with Crippen molar-refractivity contribution in [2.24, 2.45) is 5.73 Å². The van der Waals surface area contributed by atoms with E-state index in [1.165, 1.54) is 0 Å². The van der Waals surface area contributed by atoms with E-state index in [1.54, 1.807) is 0 Å². The van der Waals surface area contributed by atoms with Gasteiger partial charge in [-0.3, -0.25) is 0 Å². The van der Waals surface area contributed by atoms with E-state index < -0.39 is 11.9 Å². The van der Waals surface area contributed by atoms with Gasteiger partial charge in [-0.05, 0) is 11.1 Å². The lowest BCUT2D eigenvalue weighted by atomic mass is 10.2. The number of carbonyl (C=O) groups excluding carboxylic acids is 2. The minimum Gasteiger partial charge on any atom is -0.458 e. The Bertz CT molecular complexity index is 681. The normalized spacial score (nSPS) is 10.9. The summed E-state index contributed by atoms with van der Waals surface area (Å²) in [6.45, 7) is 0.204. The summed E-state index contributed by atoms with van der Waals surface area (Å²) in [5.41, 5.74) is 6.92. The third-order valence-corrected chi connectivity index (χ3v) is 2.95. The van der Waals surface area contributed by atoms with Crippen LogP contribution in [0.1, 0.15) is 11.1 Å². The van der Waals surface area contributed by atoms with E-state index in [4.69, 9.17) is 15.2 Å². The lowest BCUT2D eigenvalue weighted by molar-refractivity contribution is -0.142. The SMILES string of the molecule is N/C(=C\C(=O)OCc1ccccc1)C(=O)OCc1ccccc1. The molecule has 23 heavy (non-hydrogen) atoms. The number of hydrogen-bond acceptors (Lipinski definition) is 5. The van der Waals surface area contributed by atoms with Crippen molar-refractivity contribution in [1.82, 2.24) is 0 Å². The second kappa shape index (κ2) is 8.38. The van der Waals surface area contributed by atoms with Crippen molar-refractivity contribution in [3.63, 3.8) is 0 Å². The molecule has 0 atom stereocenters. The lowest BCUT2D eigenvalue weighted by Crippen LogP contribution is -2.17. The fourth-order valence-electron chi connectivity index (χ4n) is 1.76. The van der Waals surface area contributed by atoms with Crippen molar-refractivity contribution in [1.29, 1.82) is 0 Å². The molecule has 0 saturated heterocycles. The van der Waals surface area contributed by atoms with E-state index >= 15 is 0 Å². The van der Waals surface area contributed by atoms with Gasteiger partial charge in [0.1, 0.15) is 18.9 Å². The van der Waals surface area contributed by atoms with E-state index in [1.807, 2.05) is 60.7 Å². The van der Waals surface area contributed by atoms with Crippen LogP contribution in [0.3, 0.4) is 0 Å². The first-order chi connectivity index (χ1) is 11.1. The highest BCUT2D eigenvalue weighted by atomic mass is 16.5. The zero-order valence-electron chi connectivity index (χ0n) is 12.5. The van der Waals surface area contributed by atoms with Gasteiger partial charge in [-0.1, -0.05) is 60.7 Å². The van der Waals surface area contributed by atoms with Gasteiger partial charge in [-0.25, -0.2) is 9.59 Å². The summed E-state index contributed by atoms with van der Waals surface area (Å²) in [4.78, 5) is 23.3. The van der Waals surface area contributed by atoms with Crippen molar-refractivity contribution in [3.8, 4) is 0 Å². The van der Waals surface area contributed by atoms with Crippen molar-refractivity contribution in [2.45, 2.75) is 13.2 Å². The molecular weight excluding hydrogens is 294 g/mol. The minimum absolute atomic E-state index is 0.0906. The Morgan fingerprint density at radius 2 is 1.30 bits per heavy atom. The molecule has 0 aromatic heterocycles. The molecule has 0 aliphatic carbocycles. The molecule has 2 N–H and O–H groups in total. The summed E-state index contributed by atoms with van der Waals surface area (Å²) >= 11 is 0. The largest absolute Gasteiger partial charge is 0.458 e. The van der Waals surface area contributed by atoms with E-state index in [9.17, 15) is 9.59 Å². The molecule has 0 heterocycles. The third kappa shape index (κ3) is 5.67. The third-order valence-electron chi connectivity index (χ3n) is 2.95. The van der Waals surface area contributed by atoms with E-state index in [2.05, 4.69) is 0 Å². The maximum atomic E-state index is 11.7. The summed E-state index contributed by atoms with van der Waals surface area (Å²) in [5, 5.41) is 0. The zero-order chi connectivity index (χ0) is 16.5. The summed E-state index contributed by atoms with van der Waals surface area (Å²) < 4.78 is 10.0. The number of nitrogens with two attached hydrogens (primary N) is 1. The average Bonchev–Trinajstić information content (AvgIpc) is 2.59. The maximum Gasteiger partial charge on any atom is 0.354 e. The number of hydrogen-bond donors (Lipinski definition) is 1. The van der Waals surface area contributed by atoms with Crippen LogP contribution in [-0.2, 0) is 32.3 Å². The highest BCUT2D eigenvalue weighted by molar-refractivity contribution is 5.95. The molecule has 0 aliphatic rings. The van der Waals surface area contributed by atoms with Crippen molar-refractivity contribution in [2.75, 3.05) is 0 Å². The standard InChI is InChI=1S/C18H17NO4/c19-16(18(21)23-13-15-9-5-2-6-10-15)11-17(20)22-12-14-7-3-1-4-8-14/h1-11H,12-13,19H2/b16-11-. The van der Waals surface area contributed by atoms with Gasteiger partial charge >= 0.3 is 11.9 Å². The molecule has 2 aromatic rings. The average molecular weight is 311 g/mol. The molecule has 2 aromatic carbocycles. The molecule has 2 rings (SSSR count). The van der Waals surface area contributed by atoms with Crippen LogP contribution in [0, 0.1) is 0 Å². The van der Waals surface area contributed by atoms with Crippen LogP contribution < -0.4 is 5.73 Å². The summed E-state index contributed by atoms with van der Waals surface area (Å²) in [7, 11) is 0. The fraction of sp³-hybridized carbons (Fsp3) is 0.111. The Balaban J connectivity index is 1.80. The van der Waals surface area contributed by atoms with Gasteiger partial charge in [0.25, 0.3) is 0 Å². The second-order valence-electron chi connectivity index (χ2n) is 4.75. The van der Waals surface area contributed by atoms with Gasteiger partial charge in [0.15, 0.2) is 0 Å². The zero-order valence-corrected chi connectivity index (χ0v) is 12.5. The van der Waals surface area contributed by atoms with Crippen LogP contribution in [0.25, 0.3) is 0 Å². The Morgan fingerprint density at radius 1 is 0.826 bits per heavy atom. The molecule has 0 spiro atoms. The predicted octanol–water partition coefficient (Wildman–Crippen LogP) is 2.32. The quantitative estimate of drug-likeness (QED) is 0.654. The number of ether oxygens (including phenoxy) is 2. The van der Waals surface area contributed by atoms with Crippen LogP contribution in [-0.4, -0.2) is 11.9 Å². The number of rotatable bonds is 6. The van der Waals surface area contributed by atoms with Gasteiger partial charge in [0.05, 0.1) is 6.08 Å². The number of esters is 2. The monoisotopic (exact) mass is 311 g/mol. The Morgan fingerprint density at radius 3 is 1.83 bits per heavy atom. The molecule has 0 aliphatic heterocycles. The van der Waals surface area contributed by atoms with Gasteiger partial charge in [-0.2, -0.15) is 0 Å². The molecule has 5 nitrogen and oxygen atoms in total. The highest BCUT2D eigenvalue weighted by Gasteiger charge is 2.10. The van der Waals surface area contributed by atoms with Gasteiger partial charge in [-0.15, -0.1) is 0 Å². The predicted molar refractivity (Wildman–Crippen MR) is 84.7 cm³/mol. The first-order valence-electron chi connectivity index (χ1n) is 7.04. The van der Waals surface area contributed by atoms with Crippen LogP contribution in [0.2, 0.25) is 0 Å². The first-order valence-corrected chi connectivity index (χ1v) is 7.04. The topological polar surface area (TPSA) is 78.6 Å². The summed E-state index contributed by atoms with van der Waals surface area (Å²) in [5.74, 6) is -1.45. The van der Waals surface area contributed by atoms with Crippen LogP contribution in [0.5, 0.6) is 0 Å². The Kier molecular flexibility index (Phi) is 5.94. The highest BCUT2D eigenvalue weighted by Crippen LogP contribution is 2.04. The molecule has 0 saturated carbocycles. The van der Waals surface area contributed by atoms with Crippen molar-refractivity contribution in [3.05, 3.63) is 83.6 Å². The van der Waals surface area contributed by atoms with Gasteiger partial charge in [0.2, 0.25) is 0 Å². The summed E-state index contributed by atoms with van der Waals surface area (Å²) in [6.07, 6.45) is 0.927. The molecule has 0 amide bonds. The molecule has 0 radical (unpaired) electrons. The maximum absolute atomic E-state index is 11.7. The molecule has 0 bridgehead atoms. The second-order valence-corrected chi connectivity index (χ2v) is 4.75. The van der Waals surface area contributed by atoms with E-state index in [0.717, 1.165) is 17.2 Å². The Hall–Kier alpha value is -3.08. The minimum atomic E-state index is -0.759. The molecule has 118 valence electrons. The van der Waals surface area contributed by atoms with Crippen molar-refractivity contribution >= 4 is 11.9 Å². The van der Waals surface area contributed by atoms with Crippen LogP contribution in [0.4, 0.5) is 0 Å². The lowest BCUT2D eigenvalue weighted by Gasteiger charge is -2.05. The number of carbonyl (C=O) groups is 2. The number of benzene rings is 2. The summed E-state index contributed by atoms with van der Waals surface area (Å²) in [6, 6.07) is 18.4. The molecule has 0 fully saturated rings. The smallest absolute Gasteiger partial charge is 0.354 e. The van der Waals surface area contributed by atoms with E-state index in [0.29, 0.717) is 0 Å². The van der Waals surface area contributed by atoms with Crippen LogP contribution >= 0.6 is 0 Å². The van der Waals surface area contributed by atoms with Gasteiger partial charge in [0, 0.05) is 0 Å². The van der Waals surface area contributed by atoms with E-state index in [-0.39, 0.29) is 18.9 Å². The van der Waals surface area contributed by atoms with Gasteiger partial charge < -0.3 is 15.2 Å². The fourth-order valence-corrected chi connectivity index (χ4v) is 1.76. The van der Waals surface area contributed by atoms with Crippen molar-refractivity contribution < 1.29 is 19.1 Å². The molecule has 0 unspecified atom stereocenters. The Labute approximate surface area is 134 Å². The first kappa shape index (κ1) is 16.3. The van der Waals surface area contributed by atoms with Crippen LogP contribution in [0.15, 0.2) is 72.4 Å². The molecular formula is C18H17NO4.